The van der Waals surface area contributed by atoms with Gasteiger partial charge >= 0.3 is 0 Å². The Morgan fingerprint density at radius 2 is 2.05 bits per heavy atom. The first-order valence-electron chi connectivity index (χ1n) is 6.91. The minimum absolute atomic E-state index is 0.756. The maximum absolute atomic E-state index is 5.16. The molecular formula is C15H17N5OS. The zero-order chi connectivity index (χ0) is 15.4. The van der Waals surface area contributed by atoms with E-state index in [1.807, 2.05) is 18.4 Å². The molecule has 0 bridgehead atoms. The van der Waals surface area contributed by atoms with Crippen molar-refractivity contribution in [3.63, 3.8) is 0 Å². The summed E-state index contributed by atoms with van der Waals surface area (Å²) in [4.78, 5) is 8.53. The van der Waals surface area contributed by atoms with Gasteiger partial charge in [0.1, 0.15) is 22.9 Å². The first-order valence-corrected chi connectivity index (χ1v) is 8.14. The number of nitrogens with zero attached hydrogens (tertiary/aromatic N) is 3. The number of benzene rings is 1. The van der Waals surface area contributed by atoms with Gasteiger partial charge in [0, 0.05) is 6.54 Å². The molecule has 0 saturated carbocycles. The summed E-state index contributed by atoms with van der Waals surface area (Å²) in [5.41, 5.74) is 2.00. The third-order valence-electron chi connectivity index (χ3n) is 3.38. The molecule has 0 aliphatic carbocycles. The summed E-state index contributed by atoms with van der Waals surface area (Å²) in [7, 11) is 1.67. The van der Waals surface area contributed by atoms with Gasteiger partial charge in [-0.2, -0.15) is 5.10 Å². The fourth-order valence-corrected chi connectivity index (χ4v) is 2.77. The van der Waals surface area contributed by atoms with E-state index < -0.39 is 0 Å². The number of fused-ring (bicyclic) bond motifs is 1. The Hall–Kier alpha value is -2.28. The monoisotopic (exact) mass is 315 g/mol. The second-order valence-corrected chi connectivity index (χ2v) is 5.50. The van der Waals surface area contributed by atoms with Gasteiger partial charge in [0.2, 0.25) is 0 Å². The molecule has 0 radical (unpaired) electrons. The summed E-state index contributed by atoms with van der Waals surface area (Å²) >= 11 is 1.58. The number of thioether (sulfide) groups is 1. The van der Waals surface area contributed by atoms with Crippen LogP contribution in [-0.4, -0.2) is 40.1 Å². The molecule has 0 amide bonds. The Balaban J connectivity index is 1.69. The van der Waals surface area contributed by atoms with E-state index >= 15 is 0 Å². The third kappa shape index (κ3) is 2.99. The Bertz CT molecular complexity index is 756. The van der Waals surface area contributed by atoms with Gasteiger partial charge in [-0.05, 0) is 30.4 Å². The average Bonchev–Trinajstić information content (AvgIpc) is 2.99. The molecule has 3 rings (SSSR count). The Morgan fingerprint density at radius 1 is 1.23 bits per heavy atom. The number of aromatic amines is 1. The van der Waals surface area contributed by atoms with Crippen molar-refractivity contribution in [1.29, 1.82) is 0 Å². The summed E-state index contributed by atoms with van der Waals surface area (Å²) in [5.74, 6) is 1.69. The molecule has 3 aromatic rings. The maximum Gasteiger partial charge on any atom is 0.161 e. The highest BCUT2D eigenvalue weighted by Gasteiger charge is 2.11. The number of ether oxygens (including phenoxy) is 1. The number of anilines is 1. The quantitative estimate of drug-likeness (QED) is 0.681. The summed E-state index contributed by atoms with van der Waals surface area (Å²) in [6.07, 6.45) is 4.44. The van der Waals surface area contributed by atoms with Gasteiger partial charge in [-0.25, -0.2) is 9.97 Å². The summed E-state index contributed by atoms with van der Waals surface area (Å²) in [6, 6.07) is 8.09. The molecule has 114 valence electrons. The van der Waals surface area contributed by atoms with Crippen LogP contribution in [0.25, 0.3) is 11.0 Å². The molecule has 0 saturated heterocycles. The molecule has 2 aromatic heterocycles. The van der Waals surface area contributed by atoms with Crippen LogP contribution in [0, 0.1) is 0 Å². The standard InChI is InChI=1S/C15H17N5OS/c1-21-11-5-3-10(4-6-11)7-8-16-13-12-14(18-9-17-13)19-20-15(12)22-2/h3-6,9H,7-8H2,1-2H3,(H2,16,17,18,19,20). The Morgan fingerprint density at radius 3 is 2.77 bits per heavy atom. The van der Waals surface area contributed by atoms with Crippen LogP contribution < -0.4 is 10.1 Å². The molecule has 0 atom stereocenters. The van der Waals surface area contributed by atoms with Crippen molar-refractivity contribution in [3.05, 3.63) is 36.2 Å². The van der Waals surface area contributed by atoms with Crippen LogP contribution in [0.1, 0.15) is 5.56 Å². The van der Waals surface area contributed by atoms with Crippen LogP contribution in [0.4, 0.5) is 5.82 Å². The zero-order valence-corrected chi connectivity index (χ0v) is 13.3. The lowest BCUT2D eigenvalue weighted by molar-refractivity contribution is 0.414. The van der Waals surface area contributed by atoms with Gasteiger partial charge in [-0.3, -0.25) is 5.10 Å². The van der Waals surface area contributed by atoms with Gasteiger partial charge < -0.3 is 10.1 Å². The Labute approximate surface area is 132 Å². The number of methoxy groups -OCH3 is 1. The smallest absolute Gasteiger partial charge is 0.161 e. The van der Waals surface area contributed by atoms with E-state index in [1.165, 1.54) is 5.56 Å². The van der Waals surface area contributed by atoms with E-state index in [0.29, 0.717) is 0 Å². The molecule has 0 fully saturated rings. The van der Waals surface area contributed by atoms with Gasteiger partial charge in [0.25, 0.3) is 0 Å². The highest BCUT2D eigenvalue weighted by Crippen LogP contribution is 2.27. The number of nitrogens with one attached hydrogen (secondary N) is 2. The van der Waals surface area contributed by atoms with Crippen molar-refractivity contribution < 1.29 is 4.74 Å². The van der Waals surface area contributed by atoms with Crippen LogP contribution in [0.5, 0.6) is 5.75 Å². The van der Waals surface area contributed by atoms with E-state index in [0.717, 1.165) is 40.6 Å². The number of aromatic nitrogens is 4. The van der Waals surface area contributed by atoms with Crippen LogP contribution in [0.15, 0.2) is 35.6 Å². The number of H-pyrrole nitrogens is 1. The molecule has 7 heteroatoms. The second kappa shape index (κ2) is 6.65. The van der Waals surface area contributed by atoms with Crippen molar-refractivity contribution in [2.45, 2.75) is 11.4 Å². The number of hydrogen-bond acceptors (Lipinski definition) is 6. The van der Waals surface area contributed by atoms with E-state index in [1.54, 1.807) is 25.2 Å². The van der Waals surface area contributed by atoms with Crippen LogP contribution in [0.2, 0.25) is 0 Å². The van der Waals surface area contributed by atoms with Gasteiger partial charge in [0.05, 0.1) is 12.5 Å². The lowest BCUT2D eigenvalue weighted by Crippen LogP contribution is -2.07. The SMILES string of the molecule is COc1ccc(CCNc2ncnc3[nH]nc(SC)c23)cc1. The fraction of sp³-hybridized carbons (Fsp3) is 0.267. The van der Waals surface area contributed by atoms with Crippen LogP contribution in [-0.2, 0) is 6.42 Å². The molecule has 1 aromatic carbocycles. The number of hydrogen-bond donors (Lipinski definition) is 2. The largest absolute Gasteiger partial charge is 0.497 e. The summed E-state index contributed by atoms with van der Waals surface area (Å²) in [6.45, 7) is 0.789. The fourth-order valence-electron chi connectivity index (χ4n) is 2.23. The molecular weight excluding hydrogens is 298 g/mol. The van der Waals surface area contributed by atoms with Crippen molar-refractivity contribution in [2.75, 3.05) is 25.2 Å². The highest BCUT2D eigenvalue weighted by atomic mass is 32.2. The maximum atomic E-state index is 5.16. The lowest BCUT2D eigenvalue weighted by Gasteiger charge is -2.07. The topological polar surface area (TPSA) is 75.7 Å². The van der Waals surface area contributed by atoms with E-state index in [-0.39, 0.29) is 0 Å². The van der Waals surface area contributed by atoms with Crippen LogP contribution >= 0.6 is 11.8 Å². The van der Waals surface area contributed by atoms with Gasteiger partial charge in [-0.1, -0.05) is 12.1 Å². The first-order chi connectivity index (χ1) is 10.8. The summed E-state index contributed by atoms with van der Waals surface area (Å²) in [5, 5.41) is 12.4. The average molecular weight is 315 g/mol. The van der Waals surface area contributed by atoms with Crippen LogP contribution in [0.3, 0.4) is 0 Å². The molecule has 0 aliphatic heterocycles. The van der Waals surface area contributed by atoms with Gasteiger partial charge in [-0.15, -0.1) is 11.8 Å². The number of rotatable bonds is 6. The zero-order valence-electron chi connectivity index (χ0n) is 12.5. The molecule has 6 nitrogen and oxygen atoms in total. The lowest BCUT2D eigenvalue weighted by atomic mass is 10.1. The first kappa shape index (κ1) is 14.6. The molecule has 22 heavy (non-hydrogen) atoms. The molecule has 0 unspecified atom stereocenters. The molecule has 2 N–H and O–H groups in total. The minimum Gasteiger partial charge on any atom is -0.497 e. The van der Waals surface area contributed by atoms with E-state index in [2.05, 4.69) is 37.6 Å². The molecule has 0 aliphatic rings. The Kier molecular flexibility index (Phi) is 4.43. The van der Waals surface area contributed by atoms with Crippen molar-refractivity contribution in [3.8, 4) is 5.75 Å². The van der Waals surface area contributed by atoms with Crippen molar-refractivity contribution in [2.24, 2.45) is 0 Å². The molecule has 0 spiro atoms. The molecule has 2 heterocycles. The normalized spacial score (nSPS) is 10.8. The van der Waals surface area contributed by atoms with E-state index in [4.69, 9.17) is 4.74 Å². The van der Waals surface area contributed by atoms with E-state index in [9.17, 15) is 0 Å². The van der Waals surface area contributed by atoms with Gasteiger partial charge in [0.15, 0.2) is 5.65 Å². The minimum atomic E-state index is 0.756. The van der Waals surface area contributed by atoms with Crippen molar-refractivity contribution in [1.82, 2.24) is 20.2 Å². The third-order valence-corrected chi connectivity index (χ3v) is 4.07. The van der Waals surface area contributed by atoms with Crippen molar-refractivity contribution >= 4 is 28.6 Å². The second-order valence-electron chi connectivity index (χ2n) is 4.70. The predicted molar refractivity (Wildman–Crippen MR) is 88.7 cm³/mol. The highest BCUT2D eigenvalue weighted by molar-refractivity contribution is 7.98. The summed E-state index contributed by atoms with van der Waals surface area (Å²) < 4.78 is 5.16. The predicted octanol–water partition coefficient (Wildman–Crippen LogP) is 2.74.